The predicted octanol–water partition coefficient (Wildman–Crippen LogP) is 13.6. The Balaban J connectivity index is 1.32. The van der Waals surface area contributed by atoms with Crippen molar-refractivity contribution in [2.24, 2.45) is 0 Å². The van der Waals surface area contributed by atoms with E-state index >= 15 is 0 Å². The summed E-state index contributed by atoms with van der Waals surface area (Å²) in [7, 11) is 0. The van der Waals surface area contributed by atoms with Gasteiger partial charge in [0.15, 0.2) is 0 Å². The number of benzene rings is 8. The predicted molar refractivity (Wildman–Crippen MR) is 203 cm³/mol. The zero-order valence-corrected chi connectivity index (χ0v) is 27.9. The molecule has 242 valence electrons. The lowest BCUT2D eigenvalue weighted by Gasteiger charge is -2.21. The second-order valence-electron chi connectivity index (χ2n) is 14.2. The Morgan fingerprint density at radius 3 is 1.42 bits per heavy atom. The van der Waals surface area contributed by atoms with Crippen LogP contribution in [0.25, 0.3) is 87.2 Å². The molecule has 0 fully saturated rings. The van der Waals surface area contributed by atoms with Gasteiger partial charge in [0.05, 0.1) is 0 Å². The zero-order valence-electron chi connectivity index (χ0n) is 27.9. The molecule has 0 aliphatic carbocycles. The van der Waals surface area contributed by atoms with Gasteiger partial charge in [-0.3, -0.25) is 4.98 Å². The lowest BCUT2D eigenvalue weighted by molar-refractivity contribution is -0.141. The fourth-order valence-corrected chi connectivity index (χ4v) is 7.86. The maximum Gasteiger partial charge on any atom is 0.433 e. The smallest absolute Gasteiger partial charge is 0.251 e. The molecule has 1 heterocycles. The van der Waals surface area contributed by atoms with Crippen LogP contribution < -0.4 is 0 Å². The number of hydrogen-bond donors (Lipinski definition) is 0. The molecule has 1 aromatic heterocycles. The van der Waals surface area contributed by atoms with Crippen LogP contribution in [0.3, 0.4) is 0 Å². The average molecular weight is 656 g/mol. The third-order valence-electron chi connectivity index (χ3n) is 10.3. The summed E-state index contributed by atoms with van der Waals surface area (Å²) in [6.45, 7) is 6.71. The first kappa shape index (κ1) is 30.3. The SMILES string of the molecule is CC(C)(C)c1ccc(-c2ccc3ccc4c(-c5c6ccccc6c(-c6ccc(C(F)(F)F)nc6)c6ccccc56)ccc5ccc2c3c54)cc1. The molecule has 1 nitrogen and oxygen atoms in total. The number of nitrogens with zero attached hydrogens (tertiary/aromatic N) is 1. The summed E-state index contributed by atoms with van der Waals surface area (Å²) in [5.41, 5.74) is 6.65. The van der Waals surface area contributed by atoms with Gasteiger partial charge in [-0.2, -0.15) is 13.2 Å². The lowest BCUT2D eigenvalue weighted by atomic mass is 9.82. The number of alkyl halides is 3. The van der Waals surface area contributed by atoms with E-state index in [-0.39, 0.29) is 5.41 Å². The monoisotopic (exact) mass is 655 g/mol. The molecule has 8 aromatic carbocycles. The van der Waals surface area contributed by atoms with Gasteiger partial charge in [0, 0.05) is 11.8 Å². The topological polar surface area (TPSA) is 12.9 Å². The molecule has 0 aliphatic rings. The van der Waals surface area contributed by atoms with Gasteiger partial charge >= 0.3 is 6.18 Å². The number of hydrogen-bond acceptors (Lipinski definition) is 1. The van der Waals surface area contributed by atoms with E-state index in [1.165, 1.54) is 61.3 Å². The van der Waals surface area contributed by atoms with Crippen LogP contribution in [0.2, 0.25) is 0 Å². The Morgan fingerprint density at radius 1 is 0.440 bits per heavy atom. The molecule has 0 unspecified atom stereocenters. The summed E-state index contributed by atoms with van der Waals surface area (Å²) < 4.78 is 40.3. The summed E-state index contributed by atoms with van der Waals surface area (Å²) >= 11 is 0. The second-order valence-corrected chi connectivity index (χ2v) is 14.2. The highest BCUT2D eigenvalue weighted by Crippen LogP contribution is 2.48. The maximum absolute atomic E-state index is 13.4. The van der Waals surface area contributed by atoms with Gasteiger partial charge in [-0.25, -0.2) is 0 Å². The first-order chi connectivity index (χ1) is 24.1. The van der Waals surface area contributed by atoms with E-state index in [1.54, 1.807) is 0 Å². The van der Waals surface area contributed by atoms with E-state index in [4.69, 9.17) is 0 Å². The van der Waals surface area contributed by atoms with Gasteiger partial charge in [0.25, 0.3) is 0 Å². The van der Waals surface area contributed by atoms with Crippen molar-refractivity contribution >= 4 is 53.9 Å². The molecule has 0 N–H and O–H groups in total. The average Bonchev–Trinajstić information content (AvgIpc) is 3.12. The van der Waals surface area contributed by atoms with Crippen LogP contribution in [0.4, 0.5) is 13.2 Å². The van der Waals surface area contributed by atoms with Crippen molar-refractivity contribution < 1.29 is 13.2 Å². The van der Waals surface area contributed by atoms with Gasteiger partial charge in [-0.05, 0) is 98.7 Å². The van der Waals surface area contributed by atoms with Crippen molar-refractivity contribution in [2.75, 3.05) is 0 Å². The third kappa shape index (κ3) is 4.66. The molecule has 0 spiro atoms. The fraction of sp³-hybridized carbons (Fsp3) is 0.109. The van der Waals surface area contributed by atoms with Gasteiger partial charge in [-0.1, -0.05) is 148 Å². The van der Waals surface area contributed by atoms with Gasteiger partial charge < -0.3 is 0 Å². The Morgan fingerprint density at radius 2 is 0.920 bits per heavy atom. The fourth-order valence-electron chi connectivity index (χ4n) is 7.86. The molecule has 50 heavy (non-hydrogen) atoms. The second kappa shape index (κ2) is 10.9. The maximum atomic E-state index is 13.4. The molecular weight excluding hydrogens is 624 g/mol. The van der Waals surface area contributed by atoms with E-state index < -0.39 is 11.9 Å². The number of pyridine rings is 1. The Hall–Kier alpha value is -5.74. The van der Waals surface area contributed by atoms with Crippen molar-refractivity contribution in [1.82, 2.24) is 4.98 Å². The third-order valence-corrected chi connectivity index (χ3v) is 10.3. The standard InChI is InChI=1S/C46H32F3N/c1-45(2,3)31-19-12-27(13-20-31)32-21-14-28-16-23-38-39(24-17-29-15-22-37(32)42(28)43(29)38)44-35-10-6-4-8-33(35)41(34-9-5-7-11-36(34)44)30-18-25-40(50-26-30)46(47,48)49/h4-26H,1-3H3. The van der Waals surface area contributed by atoms with E-state index in [9.17, 15) is 13.2 Å². The van der Waals surface area contributed by atoms with Crippen LogP contribution in [-0.4, -0.2) is 4.98 Å². The van der Waals surface area contributed by atoms with Gasteiger partial charge in [0.2, 0.25) is 0 Å². The lowest BCUT2D eigenvalue weighted by Crippen LogP contribution is -2.10. The van der Waals surface area contributed by atoms with E-state index in [0.717, 1.165) is 44.3 Å². The highest BCUT2D eigenvalue weighted by molar-refractivity contribution is 6.30. The Bertz CT molecular complexity index is 2690. The van der Waals surface area contributed by atoms with Gasteiger partial charge in [0.1, 0.15) is 5.69 Å². The summed E-state index contributed by atoms with van der Waals surface area (Å²) in [5, 5.41) is 11.3. The molecule has 4 heteroatoms. The van der Waals surface area contributed by atoms with Crippen LogP contribution in [0.5, 0.6) is 0 Å². The minimum atomic E-state index is -4.50. The molecule has 0 saturated carbocycles. The molecule has 0 atom stereocenters. The summed E-state index contributed by atoms with van der Waals surface area (Å²) in [6.07, 6.45) is -3.15. The minimum Gasteiger partial charge on any atom is -0.251 e. The minimum absolute atomic E-state index is 0.0821. The van der Waals surface area contributed by atoms with E-state index in [0.29, 0.717) is 5.56 Å². The normalized spacial score (nSPS) is 12.6. The van der Waals surface area contributed by atoms with Crippen LogP contribution in [0, 0.1) is 0 Å². The molecular formula is C46H32F3N. The first-order valence-corrected chi connectivity index (χ1v) is 16.9. The van der Waals surface area contributed by atoms with Gasteiger partial charge in [-0.15, -0.1) is 0 Å². The molecule has 0 bridgehead atoms. The largest absolute Gasteiger partial charge is 0.433 e. The number of aromatic nitrogens is 1. The number of rotatable bonds is 3. The van der Waals surface area contributed by atoms with Crippen molar-refractivity contribution in [3.63, 3.8) is 0 Å². The molecule has 0 aliphatic heterocycles. The van der Waals surface area contributed by atoms with E-state index in [1.807, 2.05) is 24.3 Å². The number of fused-ring (bicyclic) bond motifs is 2. The highest BCUT2D eigenvalue weighted by Gasteiger charge is 2.32. The quantitative estimate of drug-likeness (QED) is 0.136. The molecule has 0 saturated heterocycles. The van der Waals surface area contributed by atoms with E-state index in [2.05, 4.69) is 123 Å². The van der Waals surface area contributed by atoms with Crippen molar-refractivity contribution in [3.05, 3.63) is 151 Å². The van der Waals surface area contributed by atoms with Crippen LogP contribution >= 0.6 is 0 Å². The number of halogens is 3. The summed E-state index contributed by atoms with van der Waals surface area (Å²) in [5.74, 6) is 0. The molecule has 0 amide bonds. The molecule has 0 radical (unpaired) electrons. The van der Waals surface area contributed by atoms with Crippen LogP contribution in [0.1, 0.15) is 32.0 Å². The van der Waals surface area contributed by atoms with Crippen LogP contribution in [-0.2, 0) is 11.6 Å². The Labute approximate surface area is 288 Å². The van der Waals surface area contributed by atoms with Crippen molar-refractivity contribution in [2.45, 2.75) is 32.4 Å². The molecule has 9 aromatic rings. The Kier molecular flexibility index (Phi) is 6.60. The first-order valence-electron chi connectivity index (χ1n) is 16.9. The summed E-state index contributed by atoms with van der Waals surface area (Å²) in [6, 6.07) is 45.9. The summed E-state index contributed by atoms with van der Waals surface area (Å²) in [4.78, 5) is 3.83. The zero-order chi connectivity index (χ0) is 34.4. The van der Waals surface area contributed by atoms with Crippen molar-refractivity contribution in [1.29, 1.82) is 0 Å². The molecule has 9 rings (SSSR count). The van der Waals surface area contributed by atoms with Crippen molar-refractivity contribution in [3.8, 4) is 33.4 Å². The highest BCUT2D eigenvalue weighted by atomic mass is 19.4. The van der Waals surface area contributed by atoms with Crippen LogP contribution in [0.15, 0.2) is 140 Å².